The molecule has 2 aromatic carbocycles. The summed E-state index contributed by atoms with van der Waals surface area (Å²) in [6, 6.07) is 16.7. The van der Waals surface area contributed by atoms with Crippen LogP contribution in [0.3, 0.4) is 0 Å². The molecule has 1 aliphatic heterocycles. The van der Waals surface area contributed by atoms with E-state index in [0.29, 0.717) is 5.56 Å². The Kier molecular flexibility index (Phi) is 5.51. The van der Waals surface area contributed by atoms with Crippen molar-refractivity contribution in [2.75, 3.05) is 31.1 Å². The average molecular weight is 405 g/mol. The van der Waals surface area contributed by atoms with Gasteiger partial charge in [0.05, 0.1) is 21.9 Å². The molecule has 0 atom stereocenters. The fourth-order valence-electron chi connectivity index (χ4n) is 3.47. The minimum atomic E-state index is -0.472. The summed E-state index contributed by atoms with van der Waals surface area (Å²) in [6.45, 7) is 4.02. The number of anilines is 1. The number of piperazine rings is 1. The molecule has 0 bridgehead atoms. The molecule has 29 heavy (non-hydrogen) atoms. The number of hydrogen-bond donors (Lipinski definition) is 0. The molecule has 1 aliphatic rings. The quantitative estimate of drug-likeness (QED) is 0.472. The minimum absolute atomic E-state index is 0.0540. The number of aromatic nitrogens is 1. The highest BCUT2D eigenvalue weighted by Gasteiger charge is 2.21. The second-order valence-corrected chi connectivity index (χ2v) is 7.70. The lowest BCUT2D eigenvalue weighted by Gasteiger charge is -2.36. The molecule has 1 fully saturated rings. The number of nitriles is 1. The van der Waals surface area contributed by atoms with Gasteiger partial charge in [-0.1, -0.05) is 30.3 Å². The van der Waals surface area contributed by atoms with Gasteiger partial charge in [0.25, 0.3) is 5.69 Å². The van der Waals surface area contributed by atoms with Gasteiger partial charge in [-0.15, -0.1) is 11.3 Å². The maximum Gasteiger partial charge on any atom is 0.270 e. The molecule has 0 unspecified atom stereocenters. The predicted molar refractivity (Wildman–Crippen MR) is 113 cm³/mol. The topological polar surface area (TPSA) is 86.3 Å². The van der Waals surface area contributed by atoms with E-state index < -0.39 is 4.92 Å². The molecule has 146 valence electrons. The van der Waals surface area contributed by atoms with Crippen LogP contribution < -0.4 is 4.90 Å². The van der Waals surface area contributed by atoms with Crippen LogP contribution in [0.5, 0.6) is 0 Å². The average Bonchev–Trinajstić information content (AvgIpc) is 3.23. The molecule has 3 aromatic rings. The maximum atomic E-state index is 10.9. The van der Waals surface area contributed by atoms with Crippen LogP contribution >= 0.6 is 11.3 Å². The van der Waals surface area contributed by atoms with Gasteiger partial charge in [-0.3, -0.25) is 15.0 Å². The zero-order chi connectivity index (χ0) is 20.2. The molecular formula is C21H19N5O2S. The first-order chi connectivity index (χ1) is 14.1. The van der Waals surface area contributed by atoms with E-state index in [4.69, 9.17) is 4.98 Å². The summed E-state index contributed by atoms with van der Waals surface area (Å²) in [5.41, 5.74) is 3.25. The van der Waals surface area contributed by atoms with E-state index in [2.05, 4.69) is 33.4 Å². The van der Waals surface area contributed by atoms with Gasteiger partial charge in [0.15, 0.2) is 0 Å². The first kappa shape index (κ1) is 19.1. The number of rotatable bonds is 5. The molecule has 7 nitrogen and oxygen atoms in total. The molecule has 0 radical (unpaired) electrons. The van der Waals surface area contributed by atoms with Crippen LogP contribution in [0.4, 0.5) is 11.4 Å². The highest BCUT2D eigenvalue weighted by atomic mass is 32.1. The van der Waals surface area contributed by atoms with Crippen molar-refractivity contribution in [1.82, 2.24) is 9.88 Å². The second-order valence-electron chi connectivity index (χ2n) is 6.84. The Labute approximate surface area is 172 Å². The zero-order valence-electron chi connectivity index (χ0n) is 15.7. The summed E-state index contributed by atoms with van der Waals surface area (Å²) in [5, 5.41) is 23.5. The summed E-state index contributed by atoms with van der Waals surface area (Å²) in [7, 11) is 0. The van der Waals surface area contributed by atoms with Gasteiger partial charge in [0.2, 0.25) is 0 Å². The van der Waals surface area contributed by atoms with Gasteiger partial charge in [-0.2, -0.15) is 5.26 Å². The summed E-state index contributed by atoms with van der Waals surface area (Å²) < 4.78 is 0. The predicted octanol–water partition coefficient (Wildman–Crippen LogP) is 3.91. The number of hydrogen-bond acceptors (Lipinski definition) is 7. The van der Waals surface area contributed by atoms with Gasteiger partial charge in [-0.25, -0.2) is 4.98 Å². The van der Waals surface area contributed by atoms with Gasteiger partial charge >= 0.3 is 0 Å². The molecule has 8 heteroatoms. The molecule has 0 N–H and O–H groups in total. The van der Waals surface area contributed by atoms with E-state index in [0.717, 1.165) is 54.7 Å². The summed E-state index contributed by atoms with van der Waals surface area (Å²) in [4.78, 5) is 19.7. The highest BCUT2D eigenvalue weighted by molar-refractivity contribution is 7.13. The Balaban J connectivity index is 1.39. The zero-order valence-corrected chi connectivity index (χ0v) is 16.5. The number of nitrogens with zero attached hydrogens (tertiary/aromatic N) is 5. The fraction of sp³-hybridized carbons (Fsp3) is 0.238. The third-order valence-corrected chi connectivity index (χ3v) is 5.92. The van der Waals surface area contributed by atoms with Gasteiger partial charge in [-0.05, 0) is 6.07 Å². The summed E-state index contributed by atoms with van der Waals surface area (Å²) in [5.74, 6) is 0. The lowest BCUT2D eigenvalue weighted by molar-refractivity contribution is -0.384. The van der Waals surface area contributed by atoms with Crippen molar-refractivity contribution in [3.8, 4) is 16.6 Å². The van der Waals surface area contributed by atoms with E-state index in [1.165, 1.54) is 12.1 Å². The van der Waals surface area contributed by atoms with Crippen molar-refractivity contribution in [2.45, 2.75) is 6.54 Å². The van der Waals surface area contributed by atoms with Crippen LogP contribution in [0.2, 0.25) is 0 Å². The van der Waals surface area contributed by atoms with Gasteiger partial charge in [0, 0.05) is 55.8 Å². The van der Waals surface area contributed by atoms with Crippen molar-refractivity contribution in [3.05, 3.63) is 75.3 Å². The first-order valence-corrected chi connectivity index (χ1v) is 10.2. The first-order valence-electron chi connectivity index (χ1n) is 9.30. The molecule has 0 saturated carbocycles. The Morgan fingerprint density at radius 3 is 2.59 bits per heavy atom. The Morgan fingerprint density at radius 1 is 1.14 bits per heavy atom. The van der Waals surface area contributed by atoms with Crippen molar-refractivity contribution in [2.24, 2.45) is 0 Å². The number of non-ortho nitro benzene ring substituents is 1. The summed E-state index contributed by atoms with van der Waals surface area (Å²) in [6.07, 6.45) is 0. The number of thiazole rings is 1. The standard InChI is InChI=1S/C21H19N5O2S/c22-13-17-12-19(26(27)28)6-7-20(17)25-10-8-24(9-11-25)14-18-15-29-21(23-18)16-4-2-1-3-5-16/h1-7,12,15H,8-11,14H2. The summed E-state index contributed by atoms with van der Waals surface area (Å²) >= 11 is 1.66. The SMILES string of the molecule is N#Cc1cc([N+](=O)[O-])ccc1N1CCN(Cc2csc(-c3ccccc3)n2)CC1. The molecule has 2 heterocycles. The molecule has 1 aromatic heterocycles. The number of nitro groups is 1. The van der Waals surface area contributed by atoms with Crippen molar-refractivity contribution < 1.29 is 4.92 Å². The van der Waals surface area contributed by atoms with Crippen LogP contribution in [0, 0.1) is 21.4 Å². The molecule has 4 rings (SSSR count). The fourth-order valence-corrected chi connectivity index (χ4v) is 4.29. The van der Waals surface area contributed by atoms with Crippen molar-refractivity contribution >= 4 is 22.7 Å². The number of benzene rings is 2. The molecule has 1 saturated heterocycles. The molecule has 0 spiro atoms. The normalized spacial score (nSPS) is 14.5. The van der Waals surface area contributed by atoms with E-state index >= 15 is 0 Å². The van der Waals surface area contributed by atoms with Crippen molar-refractivity contribution in [3.63, 3.8) is 0 Å². The smallest absolute Gasteiger partial charge is 0.270 e. The van der Waals surface area contributed by atoms with Crippen LogP contribution in [0.15, 0.2) is 53.9 Å². The lowest BCUT2D eigenvalue weighted by Crippen LogP contribution is -2.46. The van der Waals surface area contributed by atoms with Crippen LogP contribution in [-0.4, -0.2) is 41.0 Å². The largest absolute Gasteiger partial charge is 0.368 e. The maximum absolute atomic E-state index is 10.9. The lowest BCUT2D eigenvalue weighted by atomic mass is 10.1. The van der Waals surface area contributed by atoms with Crippen LogP contribution in [0.1, 0.15) is 11.3 Å². The Bertz CT molecular complexity index is 1050. The van der Waals surface area contributed by atoms with E-state index in [9.17, 15) is 15.4 Å². The van der Waals surface area contributed by atoms with E-state index in [-0.39, 0.29) is 5.69 Å². The third kappa shape index (κ3) is 4.26. The van der Waals surface area contributed by atoms with E-state index in [1.54, 1.807) is 17.4 Å². The highest BCUT2D eigenvalue weighted by Crippen LogP contribution is 2.27. The molecule has 0 aliphatic carbocycles. The van der Waals surface area contributed by atoms with Crippen molar-refractivity contribution in [1.29, 1.82) is 5.26 Å². The Hall–Kier alpha value is -3.28. The second kappa shape index (κ2) is 8.39. The monoisotopic (exact) mass is 405 g/mol. The van der Waals surface area contributed by atoms with Crippen LogP contribution in [0.25, 0.3) is 10.6 Å². The van der Waals surface area contributed by atoms with Crippen LogP contribution in [-0.2, 0) is 6.54 Å². The van der Waals surface area contributed by atoms with Gasteiger partial charge < -0.3 is 4.90 Å². The third-order valence-electron chi connectivity index (χ3n) is 4.98. The minimum Gasteiger partial charge on any atom is -0.368 e. The Morgan fingerprint density at radius 2 is 1.90 bits per heavy atom. The number of nitro benzene ring substituents is 1. The van der Waals surface area contributed by atoms with Gasteiger partial charge in [0.1, 0.15) is 11.1 Å². The van der Waals surface area contributed by atoms with E-state index in [1.807, 2.05) is 18.2 Å². The molecular weight excluding hydrogens is 386 g/mol. The molecule has 0 amide bonds.